The van der Waals surface area contributed by atoms with Crippen molar-refractivity contribution in [3.63, 3.8) is 0 Å². The van der Waals surface area contributed by atoms with Crippen molar-refractivity contribution in [1.29, 1.82) is 0 Å². The van der Waals surface area contributed by atoms with E-state index in [1.807, 2.05) is 0 Å². The molecule has 0 saturated heterocycles. The van der Waals surface area contributed by atoms with Crippen molar-refractivity contribution < 1.29 is 28.6 Å². The molecule has 0 saturated carbocycles. The highest BCUT2D eigenvalue weighted by Gasteiger charge is 2.19. The first kappa shape index (κ1) is 64.6. The zero-order chi connectivity index (χ0) is 49.3. The Balaban J connectivity index is 4.10. The number of allylic oxidation sites excluding steroid dienone is 14. The van der Waals surface area contributed by atoms with Gasteiger partial charge in [0.2, 0.25) is 0 Å². The molecule has 0 rings (SSSR count). The van der Waals surface area contributed by atoms with Crippen molar-refractivity contribution in [3.05, 3.63) is 85.1 Å². The molecular formula is C62H106O6. The minimum absolute atomic E-state index is 0.0805. The number of carbonyl (C=O) groups is 3. The number of carbonyl (C=O) groups excluding carboxylic acids is 3. The lowest BCUT2D eigenvalue weighted by Crippen LogP contribution is -2.30. The molecule has 0 aromatic rings. The van der Waals surface area contributed by atoms with Gasteiger partial charge in [-0.1, -0.05) is 247 Å². The first-order chi connectivity index (χ1) is 33.5. The number of esters is 3. The normalized spacial score (nSPS) is 12.7. The molecule has 0 aromatic carbocycles. The van der Waals surface area contributed by atoms with Crippen molar-refractivity contribution in [2.45, 2.75) is 277 Å². The van der Waals surface area contributed by atoms with E-state index in [4.69, 9.17) is 14.2 Å². The lowest BCUT2D eigenvalue weighted by Gasteiger charge is -2.18. The van der Waals surface area contributed by atoms with Crippen molar-refractivity contribution in [2.24, 2.45) is 0 Å². The van der Waals surface area contributed by atoms with Gasteiger partial charge in [0.05, 0.1) is 0 Å². The van der Waals surface area contributed by atoms with Gasteiger partial charge in [0.15, 0.2) is 6.10 Å². The second-order valence-corrected chi connectivity index (χ2v) is 18.8. The van der Waals surface area contributed by atoms with Gasteiger partial charge in [-0.05, 0) is 89.9 Å². The fraction of sp³-hybridized carbons (Fsp3) is 0.726. The number of rotatable bonds is 51. The number of hydrogen-bond donors (Lipinski definition) is 0. The first-order valence-corrected chi connectivity index (χ1v) is 28.6. The molecule has 0 spiro atoms. The molecule has 68 heavy (non-hydrogen) atoms. The largest absolute Gasteiger partial charge is 0.462 e. The molecule has 0 amide bonds. The molecule has 0 aliphatic rings. The highest BCUT2D eigenvalue weighted by Crippen LogP contribution is 2.15. The minimum Gasteiger partial charge on any atom is -0.462 e. The summed E-state index contributed by atoms with van der Waals surface area (Å²) in [6.45, 7) is 6.44. The summed E-state index contributed by atoms with van der Waals surface area (Å²) in [5.74, 6) is -0.899. The SMILES string of the molecule is CC/C=C\C/C=C\C/C=C\C/C=C\C/C=C\CCCCCCCCCCCCCCCC(=O)OCC(COC(=O)CCCCCCCCC)OC(=O)CCCCCCC/C=C\C/C=C\CCCC. The maximum atomic E-state index is 12.8. The van der Waals surface area contributed by atoms with Crippen LogP contribution in [0.5, 0.6) is 0 Å². The van der Waals surface area contributed by atoms with Gasteiger partial charge >= 0.3 is 17.9 Å². The third kappa shape index (κ3) is 53.5. The van der Waals surface area contributed by atoms with Crippen LogP contribution in [0.3, 0.4) is 0 Å². The van der Waals surface area contributed by atoms with E-state index in [0.29, 0.717) is 19.3 Å². The van der Waals surface area contributed by atoms with Gasteiger partial charge in [0.1, 0.15) is 13.2 Å². The lowest BCUT2D eigenvalue weighted by atomic mass is 10.0. The maximum Gasteiger partial charge on any atom is 0.306 e. The quantitative estimate of drug-likeness (QED) is 0.0262. The molecular weight excluding hydrogens is 841 g/mol. The Morgan fingerprint density at radius 2 is 0.588 bits per heavy atom. The van der Waals surface area contributed by atoms with E-state index in [9.17, 15) is 14.4 Å². The van der Waals surface area contributed by atoms with Gasteiger partial charge in [-0.2, -0.15) is 0 Å². The molecule has 0 N–H and O–H groups in total. The van der Waals surface area contributed by atoms with Gasteiger partial charge in [-0.15, -0.1) is 0 Å². The average Bonchev–Trinajstić information content (AvgIpc) is 3.34. The van der Waals surface area contributed by atoms with Crippen LogP contribution >= 0.6 is 0 Å². The van der Waals surface area contributed by atoms with Crippen molar-refractivity contribution in [1.82, 2.24) is 0 Å². The zero-order valence-corrected chi connectivity index (χ0v) is 44.6. The van der Waals surface area contributed by atoms with E-state index in [1.54, 1.807) is 0 Å². The van der Waals surface area contributed by atoms with Crippen molar-refractivity contribution >= 4 is 17.9 Å². The molecule has 6 nitrogen and oxygen atoms in total. The predicted molar refractivity (Wildman–Crippen MR) is 293 cm³/mol. The van der Waals surface area contributed by atoms with Gasteiger partial charge in [0.25, 0.3) is 0 Å². The summed E-state index contributed by atoms with van der Waals surface area (Å²) in [6, 6.07) is 0. The van der Waals surface area contributed by atoms with Crippen molar-refractivity contribution in [3.8, 4) is 0 Å². The molecule has 390 valence electrons. The van der Waals surface area contributed by atoms with Crippen LogP contribution in [0.4, 0.5) is 0 Å². The Bertz CT molecular complexity index is 1320. The Hall–Kier alpha value is -3.41. The number of unbranched alkanes of at least 4 members (excludes halogenated alkanes) is 26. The molecule has 1 atom stereocenters. The summed E-state index contributed by atoms with van der Waals surface area (Å²) in [7, 11) is 0. The number of hydrogen-bond acceptors (Lipinski definition) is 6. The van der Waals surface area contributed by atoms with Gasteiger partial charge in [-0.25, -0.2) is 0 Å². The van der Waals surface area contributed by atoms with E-state index in [0.717, 1.165) is 116 Å². The van der Waals surface area contributed by atoms with E-state index in [2.05, 4.69) is 106 Å². The summed E-state index contributed by atoms with van der Waals surface area (Å²) < 4.78 is 16.8. The highest BCUT2D eigenvalue weighted by atomic mass is 16.6. The minimum atomic E-state index is -0.780. The molecule has 0 aliphatic carbocycles. The number of ether oxygens (including phenoxy) is 3. The van der Waals surface area contributed by atoms with Crippen LogP contribution in [0.25, 0.3) is 0 Å². The first-order valence-electron chi connectivity index (χ1n) is 28.6. The lowest BCUT2D eigenvalue weighted by molar-refractivity contribution is -0.167. The molecule has 0 bridgehead atoms. The second-order valence-electron chi connectivity index (χ2n) is 18.8. The monoisotopic (exact) mass is 947 g/mol. The van der Waals surface area contributed by atoms with Gasteiger partial charge in [-0.3, -0.25) is 14.4 Å². The summed E-state index contributed by atoms with van der Waals surface area (Å²) in [6.07, 6.45) is 73.2. The summed E-state index contributed by atoms with van der Waals surface area (Å²) in [4.78, 5) is 37.9. The van der Waals surface area contributed by atoms with Crippen LogP contribution < -0.4 is 0 Å². The average molecular weight is 948 g/mol. The Labute approximate surface area is 420 Å². The third-order valence-corrected chi connectivity index (χ3v) is 12.1. The molecule has 0 aromatic heterocycles. The van der Waals surface area contributed by atoms with E-state index in [-0.39, 0.29) is 31.1 Å². The molecule has 6 heteroatoms. The fourth-order valence-corrected chi connectivity index (χ4v) is 7.84. The summed E-state index contributed by atoms with van der Waals surface area (Å²) in [5, 5.41) is 0. The van der Waals surface area contributed by atoms with Crippen LogP contribution in [0.15, 0.2) is 85.1 Å². The van der Waals surface area contributed by atoms with Crippen LogP contribution in [0.1, 0.15) is 271 Å². The Morgan fingerprint density at radius 1 is 0.309 bits per heavy atom. The van der Waals surface area contributed by atoms with E-state index < -0.39 is 6.10 Å². The summed E-state index contributed by atoms with van der Waals surface area (Å²) >= 11 is 0. The van der Waals surface area contributed by atoms with Crippen molar-refractivity contribution in [2.75, 3.05) is 13.2 Å². The highest BCUT2D eigenvalue weighted by molar-refractivity contribution is 5.71. The Morgan fingerprint density at radius 3 is 0.941 bits per heavy atom. The topological polar surface area (TPSA) is 78.9 Å². The van der Waals surface area contributed by atoms with Crippen LogP contribution in [0.2, 0.25) is 0 Å². The fourth-order valence-electron chi connectivity index (χ4n) is 7.84. The van der Waals surface area contributed by atoms with Crippen LogP contribution in [0, 0.1) is 0 Å². The Kier molecular flexibility index (Phi) is 53.4. The zero-order valence-electron chi connectivity index (χ0n) is 44.6. The maximum absolute atomic E-state index is 12.8. The molecule has 1 unspecified atom stereocenters. The molecule has 0 aliphatic heterocycles. The molecule has 0 radical (unpaired) electrons. The third-order valence-electron chi connectivity index (χ3n) is 12.1. The van der Waals surface area contributed by atoms with Gasteiger partial charge < -0.3 is 14.2 Å². The standard InChI is InChI=1S/C62H106O6/c1-4-7-10-13-16-18-20-22-24-25-26-27-28-29-30-31-32-33-34-35-36-37-38-40-41-43-46-49-52-55-61(64)67-58-59(57-66-60(63)54-51-48-45-15-12-9-6-3)68-62(65)56-53-50-47-44-42-39-23-21-19-17-14-11-8-5-2/h7,10,14,16-18,21-24,26-27,29-30,59H,4-6,8-9,11-13,15,19-20,25,28,31-58H2,1-3H3/b10-7-,17-14-,18-16-,23-21-,24-22-,27-26-,30-29-. The second kappa shape index (κ2) is 56.2. The van der Waals surface area contributed by atoms with Crippen LogP contribution in [-0.4, -0.2) is 37.2 Å². The van der Waals surface area contributed by atoms with E-state index >= 15 is 0 Å². The predicted octanol–water partition coefficient (Wildman–Crippen LogP) is 19.2. The van der Waals surface area contributed by atoms with E-state index in [1.165, 1.54) is 116 Å². The van der Waals surface area contributed by atoms with Gasteiger partial charge in [0, 0.05) is 19.3 Å². The molecule has 0 heterocycles. The summed E-state index contributed by atoms with van der Waals surface area (Å²) in [5.41, 5.74) is 0. The smallest absolute Gasteiger partial charge is 0.306 e. The van der Waals surface area contributed by atoms with Crippen LogP contribution in [-0.2, 0) is 28.6 Å². The molecule has 0 fully saturated rings.